The lowest BCUT2D eigenvalue weighted by Crippen LogP contribution is -2.32. The number of carbonyl (C=O) groups excluding carboxylic acids is 1. The fourth-order valence-corrected chi connectivity index (χ4v) is 1.36. The van der Waals surface area contributed by atoms with Crippen molar-refractivity contribution in [2.45, 2.75) is 13.0 Å². The summed E-state index contributed by atoms with van der Waals surface area (Å²) in [6, 6.07) is 4.57. The van der Waals surface area contributed by atoms with E-state index in [0.717, 1.165) is 0 Å². The summed E-state index contributed by atoms with van der Waals surface area (Å²) in [6.07, 6.45) is 0. The zero-order valence-corrected chi connectivity index (χ0v) is 11.4. The molecule has 0 aromatic heterocycles. The Morgan fingerprint density at radius 2 is 2.05 bits per heavy atom. The number of benzene rings is 1. The van der Waals surface area contributed by atoms with Gasteiger partial charge in [0.2, 0.25) is 5.91 Å². The van der Waals surface area contributed by atoms with Crippen molar-refractivity contribution in [3.63, 3.8) is 0 Å². The van der Waals surface area contributed by atoms with Gasteiger partial charge < -0.3 is 25.3 Å². The largest absolute Gasteiger partial charge is 0.493 e. The predicted octanol–water partition coefficient (Wildman–Crippen LogP) is 1.01. The van der Waals surface area contributed by atoms with E-state index in [1.165, 1.54) is 0 Å². The minimum atomic E-state index is -0.569. The quantitative estimate of drug-likeness (QED) is 0.721. The summed E-state index contributed by atoms with van der Waals surface area (Å²) in [5.41, 5.74) is 6.10. The van der Waals surface area contributed by atoms with E-state index in [1.54, 1.807) is 39.3 Å². The maximum Gasteiger partial charge on any atom is 0.241 e. The van der Waals surface area contributed by atoms with Crippen molar-refractivity contribution in [1.82, 2.24) is 0 Å². The van der Waals surface area contributed by atoms with E-state index >= 15 is 0 Å². The first-order chi connectivity index (χ1) is 9.08. The van der Waals surface area contributed by atoms with Gasteiger partial charge in [-0.1, -0.05) is 0 Å². The molecule has 1 amide bonds. The third kappa shape index (κ3) is 4.76. The molecule has 6 nitrogen and oxygen atoms in total. The number of anilines is 1. The molecule has 0 radical (unpaired) electrons. The first-order valence-electron chi connectivity index (χ1n) is 5.94. The summed E-state index contributed by atoms with van der Waals surface area (Å²) >= 11 is 0. The Morgan fingerprint density at radius 3 is 2.63 bits per heavy atom. The van der Waals surface area contributed by atoms with Crippen LogP contribution in [-0.2, 0) is 9.53 Å². The fourth-order valence-electron chi connectivity index (χ4n) is 1.36. The molecule has 3 N–H and O–H groups in total. The average Bonchev–Trinajstić information content (AvgIpc) is 2.39. The number of hydrogen-bond donors (Lipinski definition) is 2. The Bertz CT molecular complexity index is 421. The number of rotatable bonds is 7. The first-order valence-corrected chi connectivity index (χ1v) is 5.94. The molecule has 0 heterocycles. The Balaban J connectivity index is 2.79. The second kappa shape index (κ2) is 7.60. The van der Waals surface area contributed by atoms with Gasteiger partial charge >= 0.3 is 0 Å². The maximum absolute atomic E-state index is 11.5. The fraction of sp³-hybridized carbons (Fsp3) is 0.462. The molecule has 0 aliphatic heterocycles. The number of nitrogens with one attached hydrogen (secondary N) is 1. The van der Waals surface area contributed by atoms with E-state index in [2.05, 4.69) is 5.32 Å². The van der Waals surface area contributed by atoms with E-state index in [1.807, 2.05) is 0 Å². The average molecular weight is 268 g/mol. The topological polar surface area (TPSA) is 82.8 Å². The molecule has 0 bridgehead atoms. The molecule has 0 saturated carbocycles. The minimum absolute atomic E-state index is 0.256. The van der Waals surface area contributed by atoms with Crippen molar-refractivity contribution in [3.8, 4) is 11.5 Å². The van der Waals surface area contributed by atoms with E-state index in [-0.39, 0.29) is 5.91 Å². The highest BCUT2D eigenvalue weighted by molar-refractivity contribution is 5.94. The van der Waals surface area contributed by atoms with E-state index in [9.17, 15) is 4.79 Å². The van der Waals surface area contributed by atoms with Gasteiger partial charge in [-0.15, -0.1) is 0 Å². The summed E-state index contributed by atoms with van der Waals surface area (Å²) < 4.78 is 15.6. The monoisotopic (exact) mass is 268 g/mol. The molecule has 0 unspecified atom stereocenters. The Kier molecular flexibility index (Phi) is 6.11. The number of amides is 1. The molecular formula is C13H20N2O4. The molecule has 1 atom stereocenters. The van der Waals surface area contributed by atoms with E-state index < -0.39 is 6.04 Å². The van der Waals surface area contributed by atoms with Crippen LogP contribution in [0.3, 0.4) is 0 Å². The number of hydrogen-bond acceptors (Lipinski definition) is 5. The van der Waals surface area contributed by atoms with Crippen LogP contribution in [0, 0.1) is 0 Å². The second-order valence-electron chi connectivity index (χ2n) is 3.98. The van der Waals surface area contributed by atoms with Crippen molar-refractivity contribution >= 4 is 11.6 Å². The molecule has 0 aliphatic carbocycles. The minimum Gasteiger partial charge on any atom is -0.493 e. The van der Waals surface area contributed by atoms with Crippen molar-refractivity contribution < 1.29 is 19.0 Å². The lowest BCUT2D eigenvalue weighted by Gasteiger charge is -2.13. The Labute approximate surface area is 112 Å². The number of nitrogens with two attached hydrogens (primary N) is 1. The molecule has 106 valence electrons. The Morgan fingerprint density at radius 1 is 1.32 bits per heavy atom. The highest BCUT2D eigenvalue weighted by atomic mass is 16.5. The molecular weight excluding hydrogens is 248 g/mol. The van der Waals surface area contributed by atoms with Crippen LogP contribution in [0.2, 0.25) is 0 Å². The number of carbonyl (C=O) groups is 1. The SMILES string of the molecule is COCCOc1cc(NC(=O)[C@@H](C)N)ccc1OC. The lowest BCUT2D eigenvalue weighted by atomic mass is 10.2. The van der Waals surface area contributed by atoms with Gasteiger partial charge in [0.15, 0.2) is 11.5 Å². The van der Waals surface area contributed by atoms with Crippen LogP contribution in [0.1, 0.15) is 6.92 Å². The third-order valence-electron chi connectivity index (χ3n) is 2.39. The summed E-state index contributed by atoms with van der Waals surface area (Å²) in [5, 5.41) is 2.69. The van der Waals surface area contributed by atoms with Crippen molar-refractivity contribution in [2.75, 3.05) is 32.8 Å². The van der Waals surface area contributed by atoms with Gasteiger partial charge in [0.1, 0.15) is 6.61 Å². The van der Waals surface area contributed by atoms with Crippen molar-refractivity contribution in [2.24, 2.45) is 5.73 Å². The molecule has 6 heteroatoms. The van der Waals surface area contributed by atoms with E-state index in [4.69, 9.17) is 19.9 Å². The lowest BCUT2D eigenvalue weighted by molar-refractivity contribution is -0.117. The molecule has 0 spiro atoms. The third-order valence-corrected chi connectivity index (χ3v) is 2.39. The zero-order valence-electron chi connectivity index (χ0n) is 11.4. The maximum atomic E-state index is 11.5. The highest BCUT2D eigenvalue weighted by Gasteiger charge is 2.10. The van der Waals surface area contributed by atoms with Crippen molar-refractivity contribution in [3.05, 3.63) is 18.2 Å². The van der Waals surface area contributed by atoms with Gasteiger partial charge in [-0.3, -0.25) is 4.79 Å². The smallest absolute Gasteiger partial charge is 0.241 e. The number of ether oxygens (including phenoxy) is 3. The van der Waals surface area contributed by atoms with Crippen LogP contribution in [0.4, 0.5) is 5.69 Å². The number of methoxy groups -OCH3 is 2. The van der Waals surface area contributed by atoms with Gasteiger partial charge in [-0.05, 0) is 19.1 Å². The summed E-state index contributed by atoms with van der Waals surface area (Å²) in [5.74, 6) is 0.880. The van der Waals surface area contributed by atoms with Crippen LogP contribution < -0.4 is 20.5 Å². The molecule has 0 aliphatic rings. The molecule has 1 aromatic carbocycles. The molecule has 0 saturated heterocycles. The summed E-state index contributed by atoms with van der Waals surface area (Å²) in [6.45, 7) is 2.49. The predicted molar refractivity (Wildman–Crippen MR) is 72.6 cm³/mol. The second-order valence-corrected chi connectivity index (χ2v) is 3.98. The highest BCUT2D eigenvalue weighted by Crippen LogP contribution is 2.30. The van der Waals surface area contributed by atoms with Crippen molar-refractivity contribution in [1.29, 1.82) is 0 Å². The summed E-state index contributed by atoms with van der Waals surface area (Å²) in [7, 11) is 3.15. The summed E-state index contributed by atoms with van der Waals surface area (Å²) in [4.78, 5) is 11.5. The normalized spacial score (nSPS) is 11.8. The Hall–Kier alpha value is -1.79. The standard InChI is InChI=1S/C13H20N2O4/c1-9(14)13(16)15-10-4-5-11(18-3)12(8-10)19-7-6-17-2/h4-5,8-9H,6-7,14H2,1-3H3,(H,15,16)/t9-/m1/s1. The van der Waals surface area contributed by atoms with Crippen LogP contribution >= 0.6 is 0 Å². The molecule has 1 rings (SSSR count). The molecule has 0 fully saturated rings. The van der Waals surface area contributed by atoms with Crippen LogP contribution in [0.15, 0.2) is 18.2 Å². The van der Waals surface area contributed by atoms with Gasteiger partial charge in [-0.2, -0.15) is 0 Å². The van der Waals surface area contributed by atoms with Crippen LogP contribution in [0.25, 0.3) is 0 Å². The zero-order chi connectivity index (χ0) is 14.3. The van der Waals surface area contributed by atoms with Gasteiger partial charge in [0, 0.05) is 18.9 Å². The van der Waals surface area contributed by atoms with Gasteiger partial charge in [0.05, 0.1) is 19.8 Å². The first kappa shape index (κ1) is 15.3. The van der Waals surface area contributed by atoms with Gasteiger partial charge in [-0.25, -0.2) is 0 Å². The van der Waals surface area contributed by atoms with Crippen LogP contribution in [-0.4, -0.2) is 39.4 Å². The van der Waals surface area contributed by atoms with Crippen LogP contribution in [0.5, 0.6) is 11.5 Å². The van der Waals surface area contributed by atoms with E-state index in [0.29, 0.717) is 30.4 Å². The molecule has 19 heavy (non-hydrogen) atoms. The van der Waals surface area contributed by atoms with Gasteiger partial charge in [0.25, 0.3) is 0 Å². The molecule has 1 aromatic rings.